The smallest absolute Gasteiger partial charge is 0.319 e. The van der Waals surface area contributed by atoms with Gasteiger partial charge in [0.15, 0.2) is 0 Å². The molecule has 0 saturated heterocycles. The molecule has 0 spiro atoms. The number of rotatable bonds is 4. The SMILES string of the molecule is COC[C@H](C)NC(=O)Nc1ccc(C)cc1. The number of nitrogens with one attached hydrogen (secondary N) is 2. The number of urea groups is 1. The van der Waals surface area contributed by atoms with Crippen molar-refractivity contribution in [3.63, 3.8) is 0 Å². The molecular weight excluding hydrogens is 204 g/mol. The van der Waals surface area contributed by atoms with E-state index in [0.717, 1.165) is 5.69 Å². The Hall–Kier alpha value is -1.55. The van der Waals surface area contributed by atoms with E-state index in [1.165, 1.54) is 5.56 Å². The first-order valence-electron chi connectivity index (χ1n) is 5.25. The number of carbonyl (C=O) groups is 1. The van der Waals surface area contributed by atoms with Crippen molar-refractivity contribution in [2.75, 3.05) is 19.0 Å². The van der Waals surface area contributed by atoms with E-state index < -0.39 is 0 Å². The van der Waals surface area contributed by atoms with Crippen LogP contribution >= 0.6 is 0 Å². The summed E-state index contributed by atoms with van der Waals surface area (Å²) in [6.45, 7) is 4.39. The Balaban J connectivity index is 2.42. The fourth-order valence-corrected chi connectivity index (χ4v) is 1.32. The molecule has 0 bridgehead atoms. The summed E-state index contributed by atoms with van der Waals surface area (Å²) >= 11 is 0. The van der Waals surface area contributed by atoms with Gasteiger partial charge in [0, 0.05) is 12.8 Å². The van der Waals surface area contributed by atoms with Crippen LogP contribution in [-0.4, -0.2) is 25.8 Å². The molecule has 2 amide bonds. The van der Waals surface area contributed by atoms with Crippen LogP contribution in [0.5, 0.6) is 0 Å². The van der Waals surface area contributed by atoms with Gasteiger partial charge in [-0.25, -0.2) is 4.79 Å². The van der Waals surface area contributed by atoms with Crippen molar-refractivity contribution < 1.29 is 9.53 Å². The molecule has 0 saturated carbocycles. The molecule has 4 heteroatoms. The van der Waals surface area contributed by atoms with Gasteiger partial charge in [0.25, 0.3) is 0 Å². The van der Waals surface area contributed by atoms with E-state index in [-0.39, 0.29) is 12.1 Å². The molecule has 0 fully saturated rings. The quantitative estimate of drug-likeness (QED) is 0.820. The Kier molecular flexibility index (Phi) is 4.79. The number of amides is 2. The normalized spacial score (nSPS) is 11.9. The molecule has 0 aliphatic carbocycles. The molecule has 0 aromatic heterocycles. The van der Waals surface area contributed by atoms with Gasteiger partial charge in [-0.1, -0.05) is 17.7 Å². The van der Waals surface area contributed by atoms with Crippen molar-refractivity contribution in [3.8, 4) is 0 Å². The fraction of sp³-hybridized carbons (Fsp3) is 0.417. The van der Waals surface area contributed by atoms with Crippen LogP contribution in [-0.2, 0) is 4.74 Å². The zero-order valence-corrected chi connectivity index (χ0v) is 9.91. The first-order valence-corrected chi connectivity index (χ1v) is 5.25. The van der Waals surface area contributed by atoms with Crippen LogP contribution < -0.4 is 10.6 Å². The molecule has 4 nitrogen and oxygen atoms in total. The van der Waals surface area contributed by atoms with Crippen molar-refractivity contribution in [1.29, 1.82) is 0 Å². The van der Waals surface area contributed by atoms with E-state index in [0.29, 0.717) is 6.61 Å². The summed E-state index contributed by atoms with van der Waals surface area (Å²) in [5.74, 6) is 0. The van der Waals surface area contributed by atoms with Crippen LogP contribution in [0.1, 0.15) is 12.5 Å². The lowest BCUT2D eigenvalue weighted by atomic mass is 10.2. The van der Waals surface area contributed by atoms with E-state index in [1.54, 1.807) is 7.11 Å². The van der Waals surface area contributed by atoms with Crippen molar-refractivity contribution in [1.82, 2.24) is 5.32 Å². The Morgan fingerprint density at radius 2 is 2.00 bits per heavy atom. The number of benzene rings is 1. The summed E-state index contributed by atoms with van der Waals surface area (Å²) in [6.07, 6.45) is 0. The molecule has 0 heterocycles. The maximum atomic E-state index is 11.5. The summed E-state index contributed by atoms with van der Waals surface area (Å²) < 4.78 is 4.93. The summed E-state index contributed by atoms with van der Waals surface area (Å²) in [5.41, 5.74) is 1.95. The average molecular weight is 222 g/mol. The minimum Gasteiger partial charge on any atom is -0.383 e. The van der Waals surface area contributed by atoms with Crippen molar-refractivity contribution in [2.45, 2.75) is 19.9 Å². The molecule has 2 N–H and O–H groups in total. The van der Waals surface area contributed by atoms with Gasteiger partial charge in [0.2, 0.25) is 0 Å². The van der Waals surface area contributed by atoms with E-state index in [1.807, 2.05) is 38.1 Å². The predicted octanol–water partition coefficient (Wildman–Crippen LogP) is 2.15. The summed E-state index contributed by atoms with van der Waals surface area (Å²) in [4.78, 5) is 11.5. The minimum atomic E-state index is -0.214. The van der Waals surface area contributed by atoms with Gasteiger partial charge in [0.05, 0.1) is 12.6 Å². The second-order valence-corrected chi connectivity index (χ2v) is 3.82. The Bertz CT molecular complexity index is 335. The monoisotopic (exact) mass is 222 g/mol. The number of hydrogen-bond acceptors (Lipinski definition) is 2. The van der Waals surface area contributed by atoms with E-state index in [9.17, 15) is 4.79 Å². The van der Waals surface area contributed by atoms with Gasteiger partial charge >= 0.3 is 6.03 Å². The topological polar surface area (TPSA) is 50.4 Å². The molecule has 0 aliphatic heterocycles. The molecular formula is C12H18N2O2. The van der Waals surface area contributed by atoms with Gasteiger partial charge in [0.1, 0.15) is 0 Å². The van der Waals surface area contributed by atoms with Gasteiger partial charge < -0.3 is 15.4 Å². The number of carbonyl (C=O) groups excluding carboxylic acids is 1. The zero-order valence-electron chi connectivity index (χ0n) is 9.91. The number of anilines is 1. The fourth-order valence-electron chi connectivity index (χ4n) is 1.32. The molecule has 1 atom stereocenters. The van der Waals surface area contributed by atoms with Crippen LogP contribution in [0.4, 0.5) is 10.5 Å². The van der Waals surface area contributed by atoms with Crippen LogP contribution in [0.25, 0.3) is 0 Å². The Morgan fingerprint density at radius 1 is 1.38 bits per heavy atom. The van der Waals surface area contributed by atoms with E-state index >= 15 is 0 Å². The van der Waals surface area contributed by atoms with Crippen molar-refractivity contribution in [3.05, 3.63) is 29.8 Å². The van der Waals surface area contributed by atoms with Crippen LogP contribution in [0.2, 0.25) is 0 Å². The lowest BCUT2D eigenvalue weighted by Gasteiger charge is -2.13. The molecule has 0 aliphatic rings. The van der Waals surface area contributed by atoms with Crippen LogP contribution in [0.15, 0.2) is 24.3 Å². The summed E-state index contributed by atoms with van der Waals surface area (Å²) in [5, 5.41) is 5.52. The van der Waals surface area contributed by atoms with Crippen LogP contribution in [0.3, 0.4) is 0 Å². The van der Waals surface area contributed by atoms with Crippen molar-refractivity contribution >= 4 is 11.7 Å². The van der Waals surface area contributed by atoms with Crippen molar-refractivity contribution in [2.24, 2.45) is 0 Å². The van der Waals surface area contributed by atoms with Gasteiger partial charge in [-0.2, -0.15) is 0 Å². The van der Waals surface area contributed by atoms with Gasteiger partial charge in [-0.3, -0.25) is 0 Å². The highest BCUT2D eigenvalue weighted by molar-refractivity contribution is 5.89. The minimum absolute atomic E-state index is 0.00421. The predicted molar refractivity (Wildman–Crippen MR) is 64.7 cm³/mol. The maximum absolute atomic E-state index is 11.5. The second kappa shape index (κ2) is 6.12. The Labute approximate surface area is 96.0 Å². The molecule has 1 aromatic rings. The molecule has 0 unspecified atom stereocenters. The summed E-state index contributed by atoms with van der Waals surface area (Å²) in [6, 6.07) is 7.43. The third kappa shape index (κ3) is 4.31. The Morgan fingerprint density at radius 3 is 2.56 bits per heavy atom. The highest BCUT2D eigenvalue weighted by Crippen LogP contribution is 2.08. The highest BCUT2D eigenvalue weighted by Gasteiger charge is 2.06. The number of methoxy groups -OCH3 is 1. The lowest BCUT2D eigenvalue weighted by Crippen LogP contribution is -2.38. The maximum Gasteiger partial charge on any atom is 0.319 e. The third-order valence-electron chi connectivity index (χ3n) is 2.10. The molecule has 0 radical (unpaired) electrons. The standard InChI is InChI=1S/C12H18N2O2/c1-9-4-6-11(7-5-9)14-12(15)13-10(2)8-16-3/h4-7,10H,8H2,1-3H3,(H2,13,14,15)/t10-/m0/s1. The number of aryl methyl sites for hydroxylation is 1. The lowest BCUT2D eigenvalue weighted by molar-refractivity contribution is 0.173. The largest absolute Gasteiger partial charge is 0.383 e. The van der Waals surface area contributed by atoms with Crippen LogP contribution in [0, 0.1) is 6.92 Å². The van der Waals surface area contributed by atoms with Gasteiger partial charge in [-0.05, 0) is 26.0 Å². The number of hydrogen-bond donors (Lipinski definition) is 2. The van der Waals surface area contributed by atoms with E-state index in [4.69, 9.17) is 4.74 Å². The molecule has 16 heavy (non-hydrogen) atoms. The first kappa shape index (κ1) is 12.5. The highest BCUT2D eigenvalue weighted by atomic mass is 16.5. The second-order valence-electron chi connectivity index (χ2n) is 3.82. The average Bonchev–Trinajstić information content (AvgIpc) is 2.21. The van der Waals surface area contributed by atoms with E-state index in [2.05, 4.69) is 10.6 Å². The zero-order chi connectivity index (χ0) is 12.0. The first-order chi connectivity index (χ1) is 7.61. The number of ether oxygens (including phenoxy) is 1. The molecule has 1 aromatic carbocycles. The van der Waals surface area contributed by atoms with Gasteiger partial charge in [-0.15, -0.1) is 0 Å². The summed E-state index contributed by atoms with van der Waals surface area (Å²) in [7, 11) is 1.61. The third-order valence-corrected chi connectivity index (χ3v) is 2.10. The molecule has 88 valence electrons. The molecule has 1 rings (SSSR count).